The van der Waals surface area contributed by atoms with Crippen molar-refractivity contribution in [1.29, 1.82) is 0 Å². The minimum absolute atomic E-state index is 0.207. The fourth-order valence-electron chi connectivity index (χ4n) is 1.76. The zero-order valence-corrected chi connectivity index (χ0v) is 8.28. The van der Waals surface area contributed by atoms with Crippen LogP contribution in [0.3, 0.4) is 0 Å². The molecule has 5 nitrogen and oxygen atoms in total. The molecule has 2 heterocycles. The highest BCUT2D eigenvalue weighted by Gasteiger charge is 2.13. The number of nitrogens with two attached hydrogens (primary N) is 1. The highest BCUT2D eigenvalue weighted by Crippen LogP contribution is 2.15. The maximum atomic E-state index is 11.6. The zero-order valence-electron chi connectivity index (χ0n) is 8.28. The van der Waals surface area contributed by atoms with E-state index in [1.165, 1.54) is 0 Å². The first-order chi connectivity index (χ1) is 7.15. The van der Waals surface area contributed by atoms with Gasteiger partial charge in [0.2, 0.25) is 0 Å². The fraction of sp³-hybridized carbons (Fsp3) is 0.200. The van der Waals surface area contributed by atoms with Gasteiger partial charge in [-0.2, -0.15) is 0 Å². The van der Waals surface area contributed by atoms with Gasteiger partial charge >= 0.3 is 0 Å². The molecule has 0 unspecified atom stereocenters. The van der Waals surface area contributed by atoms with Crippen molar-refractivity contribution >= 4 is 16.8 Å². The van der Waals surface area contributed by atoms with E-state index in [9.17, 15) is 9.59 Å². The summed E-state index contributed by atoms with van der Waals surface area (Å²) in [6.07, 6.45) is 1.55. The first-order valence-electron chi connectivity index (χ1n) is 4.66. The lowest BCUT2D eigenvalue weighted by Crippen LogP contribution is -2.18. The van der Waals surface area contributed by atoms with Crippen LogP contribution in [0.1, 0.15) is 17.4 Å². The van der Waals surface area contributed by atoms with E-state index in [0.717, 1.165) is 5.39 Å². The lowest BCUT2D eigenvalue weighted by molar-refractivity contribution is 0.0992. The number of carbonyl (C=O) groups excluding carboxylic acids is 1. The maximum absolute atomic E-state index is 11.6. The first-order valence-corrected chi connectivity index (χ1v) is 4.66. The summed E-state index contributed by atoms with van der Waals surface area (Å²) < 4.78 is 1.62. The molecule has 3 N–H and O–H groups in total. The summed E-state index contributed by atoms with van der Waals surface area (Å²) in [6.45, 7) is 2.40. The van der Waals surface area contributed by atoms with Crippen molar-refractivity contribution in [3.8, 4) is 0 Å². The van der Waals surface area contributed by atoms with Crippen LogP contribution in [0.4, 0.5) is 0 Å². The number of nitrogens with one attached hydrogen (secondary N) is 1. The van der Waals surface area contributed by atoms with Gasteiger partial charge in [0.25, 0.3) is 11.5 Å². The number of H-pyrrole nitrogens is 1. The summed E-state index contributed by atoms with van der Waals surface area (Å²) in [5.74, 6) is -0.521. The number of aromatic nitrogens is 2. The second kappa shape index (κ2) is 3.27. The Labute approximate surface area is 85.5 Å². The highest BCUT2D eigenvalue weighted by molar-refractivity contribution is 5.97. The van der Waals surface area contributed by atoms with Crippen molar-refractivity contribution < 1.29 is 4.79 Å². The van der Waals surface area contributed by atoms with Crippen LogP contribution in [0.15, 0.2) is 23.1 Å². The van der Waals surface area contributed by atoms with Crippen LogP contribution in [-0.4, -0.2) is 15.5 Å². The molecular formula is C10H11N3O2. The van der Waals surface area contributed by atoms with Crippen molar-refractivity contribution in [1.82, 2.24) is 9.55 Å². The minimum atomic E-state index is -0.521. The predicted molar refractivity (Wildman–Crippen MR) is 56.8 cm³/mol. The molecule has 2 aromatic heterocycles. The topological polar surface area (TPSA) is 80.9 Å². The number of primary amides is 1. The standard InChI is InChI=1S/C10H11N3O2/c1-2-13-7(9(11)14)5-6-3-4-12-10(15)8(6)13/h3-5H,2H2,1H3,(H2,11,14)(H,12,15). The van der Waals surface area contributed by atoms with Gasteiger partial charge in [-0.05, 0) is 19.1 Å². The van der Waals surface area contributed by atoms with Gasteiger partial charge in [-0.15, -0.1) is 0 Å². The molecule has 0 aliphatic carbocycles. The molecule has 0 aliphatic rings. The summed E-state index contributed by atoms with van der Waals surface area (Å²) >= 11 is 0. The van der Waals surface area contributed by atoms with Crippen LogP contribution < -0.4 is 11.3 Å². The Morgan fingerprint density at radius 2 is 2.33 bits per heavy atom. The van der Waals surface area contributed by atoms with E-state index >= 15 is 0 Å². The van der Waals surface area contributed by atoms with Crippen molar-refractivity contribution in [2.24, 2.45) is 5.73 Å². The van der Waals surface area contributed by atoms with E-state index in [-0.39, 0.29) is 5.56 Å². The Kier molecular flexibility index (Phi) is 2.07. The number of carbonyl (C=O) groups is 1. The van der Waals surface area contributed by atoms with Gasteiger partial charge in [-0.1, -0.05) is 0 Å². The third kappa shape index (κ3) is 1.32. The highest BCUT2D eigenvalue weighted by atomic mass is 16.1. The number of pyridine rings is 1. The molecule has 5 heteroatoms. The Balaban J connectivity index is 2.92. The Morgan fingerprint density at radius 3 is 2.93 bits per heavy atom. The summed E-state index contributed by atoms with van der Waals surface area (Å²) in [6, 6.07) is 3.38. The molecule has 0 fully saturated rings. The average Bonchev–Trinajstić information content (AvgIpc) is 2.57. The summed E-state index contributed by atoms with van der Waals surface area (Å²) in [5.41, 5.74) is 5.88. The molecule has 78 valence electrons. The van der Waals surface area contributed by atoms with Gasteiger partial charge in [0, 0.05) is 18.1 Å². The van der Waals surface area contributed by atoms with E-state index in [2.05, 4.69) is 4.98 Å². The molecule has 0 aromatic carbocycles. The quantitative estimate of drug-likeness (QED) is 0.746. The fourth-order valence-corrected chi connectivity index (χ4v) is 1.76. The smallest absolute Gasteiger partial charge is 0.272 e. The van der Waals surface area contributed by atoms with E-state index in [1.807, 2.05) is 6.92 Å². The zero-order chi connectivity index (χ0) is 11.0. The molecular weight excluding hydrogens is 194 g/mol. The largest absolute Gasteiger partial charge is 0.364 e. The van der Waals surface area contributed by atoms with Crippen molar-refractivity contribution in [3.63, 3.8) is 0 Å². The van der Waals surface area contributed by atoms with Crippen LogP contribution >= 0.6 is 0 Å². The van der Waals surface area contributed by atoms with Crippen molar-refractivity contribution in [2.45, 2.75) is 13.5 Å². The Bertz CT molecular complexity index is 580. The van der Waals surface area contributed by atoms with Crippen molar-refractivity contribution in [2.75, 3.05) is 0 Å². The first kappa shape index (κ1) is 9.51. The maximum Gasteiger partial charge on any atom is 0.272 e. The summed E-state index contributed by atoms with van der Waals surface area (Å²) in [4.78, 5) is 25.3. The molecule has 2 aromatic rings. The minimum Gasteiger partial charge on any atom is -0.364 e. The van der Waals surface area contributed by atoms with E-state index in [0.29, 0.717) is 17.8 Å². The Hall–Kier alpha value is -2.04. The monoisotopic (exact) mass is 205 g/mol. The molecule has 0 saturated heterocycles. The van der Waals surface area contributed by atoms with E-state index < -0.39 is 5.91 Å². The third-order valence-corrected chi connectivity index (χ3v) is 2.39. The van der Waals surface area contributed by atoms with Gasteiger partial charge in [0.1, 0.15) is 11.2 Å². The molecule has 0 spiro atoms. The SMILES string of the molecule is CCn1c(C(N)=O)cc2cc[nH]c(=O)c21. The predicted octanol–water partition coefficient (Wildman–Crippen LogP) is 0.448. The van der Waals surface area contributed by atoms with Crippen molar-refractivity contribution in [3.05, 3.63) is 34.4 Å². The second-order valence-corrected chi connectivity index (χ2v) is 3.25. The number of nitrogens with zero attached hydrogens (tertiary/aromatic N) is 1. The van der Waals surface area contributed by atoms with Gasteiger partial charge in [0.15, 0.2) is 0 Å². The molecule has 0 bridgehead atoms. The molecule has 2 rings (SSSR count). The van der Waals surface area contributed by atoms with Gasteiger partial charge in [-0.25, -0.2) is 0 Å². The second-order valence-electron chi connectivity index (χ2n) is 3.25. The molecule has 0 atom stereocenters. The van der Waals surface area contributed by atoms with Gasteiger partial charge in [-0.3, -0.25) is 9.59 Å². The molecule has 0 radical (unpaired) electrons. The van der Waals surface area contributed by atoms with Crippen LogP contribution in [0.2, 0.25) is 0 Å². The van der Waals surface area contributed by atoms with Crippen LogP contribution in [-0.2, 0) is 6.54 Å². The van der Waals surface area contributed by atoms with E-state index in [1.54, 1.807) is 22.9 Å². The number of aromatic amines is 1. The molecule has 0 aliphatic heterocycles. The molecule has 15 heavy (non-hydrogen) atoms. The lowest BCUT2D eigenvalue weighted by Gasteiger charge is -2.02. The summed E-state index contributed by atoms with van der Waals surface area (Å²) in [5, 5.41) is 0.731. The molecule has 0 saturated carbocycles. The Morgan fingerprint density at radius 1 is 1.60 bits per heavy atom. The number of amides is 1. The van der Waals surface area contributed by atoms with Gasteiger partial charge < -0.3 is 15.3 Å². The normalized spacial score (nSPS) is 10.7. The molecule has 1 amide bonds. The number of hydrogen-bond acceptors (Lipinski definition) is 2. The summed E-state index contributed by atoms with van der Waals surface area (Å²) in [7, 11) is 0. The van der Waals surface area contributed by atoms with Crippen LogP contribution in [0.5, 0.6) is 0 Å². The third-order valence-electron chi connectivity index (χ3n) is 2.39. The van der Waals surface area contributed by atoms with Crippen LogP contribution in [0, 0.1) is 0 Å². The lowest BCUT2D eigenvalue weighted by atomic mass is 10.3. The number of rotatable bonds is 2. The number of fused-ring (bicyclic) bond motifs is 1. The number of aryl methyl sites for hydroxylation is 1. The van der Waals surface area contributed by atoms with Gasteiger partial charge in [0.05, 0.1) is 0 Å². The number of hydrogen-bond donors (Lipinski definition) is 2. The van der Waals surface area contributed by atoms with Crippen LogP contribution in [0.25, 0.3) is 10.9 Å². The average molecular weight is 205 g/mol. The van der Waals surface area contributed by atoms with E-state index in [4.69, 9.17) is 5.73 Å².